The van der Waals surface area contributed by atoms with E-state index >= 15 is 0 Å². The fourth-order valence-electron chi connectivity index (χ4n) is 4.38. The lowest BCUT2D eigenvalue weighted by atomic mass is 9.98. The summed E-state index contributed by atoms with van der Waals surface area (Å²) in [7, 11) is 0. The van der Waals surface area contributed by atoms with Crippen LogP contribution in [-0.2, 0) is 6.54 Å². The molecule has 7 nitrogen and oxygen atoms in total. The highest BCUT2D eigenvalue weighted by Crippen LogP contribution is 2.37. The number of amides is 1. The summed E-state index contributed by atoms with van der Waals surface area (Å²) in [6.45, 7) is 3.67. The zero-order valence-electron chi connectivity index (χ0n) is 14.6. The summed E-state index contributed by atoms with van der Waals surface area (Å²) in [5.41, 5.74) is 6.57. The summed E-state index contributed by atoms with van der Waals surface area (Å²) in [4.78, 5) is 41.0. The summed E-state index contributed by atoms with van der Waals surface area (Å²) >= 11 is 0. The lowest BCUT2D eigenvalue weighted by Crippen LogP contribution is -2.36. The van der Waals surface area contributed by atoms with E-state index in [1.807, 2.05) is 11.8 Å². The summed E-state index contributed by atoms with van der Waals surface area (Å²) in [5.74, 6) is 0.859. The van der Waals surface area contributed by atoms with Crippen molar-refractivity contribution in [2.75, 3.05) is 13.1 Å². The van der Waals surface area contributed by atoms with E-state index in [0.717, 1.165) is 19.4 Å². The van der Waals surface area contributed by atoms with Gasteiger partial charge in [-0.25, -0.2) is 0 Å². The molecule has 8 heteroatoms. The average molecular weight is 379 g/mol. The minimum atomic E-state index is -0.666. The first-order chi connectivity index (χ1) is 12.0. The summed E-state index contributed by atoms with van der Waals surface area (Å²) in [6, 6.07) is 5.31. The highest BCUT2D eigenvalue weighted by Gasteiger charge is 2.42. The van der Waals surface area contributed by atoms with Gasteiger partial charge in [-0.15, -0.1) is 12.4 Å². The number of nitrogens with zero attached hydrogens (tertiary/aromatic N) is 2. The van der Waals surface area contributed by atoms with Gasteiger partial charge in [0.1, 0.15) is 0 Å². The number of hydrogen-bond acceptors (Lipinski definition) is 4. The Morgan fingerprint density at radius 1 is 1.27 bits per heavy atom. The van der Waals surface area contributed by atoms with Crippen molar-refractivity contribution in [3.05, 3.63) is 44.5 Å². The van der Waals surface area contributed by atoms with Gasteiger partial charge in [0.25, 0.3) is 5.91 Å². The van der Waals surface area contributed by atoms with Crippen molar-refractivity contribution in [1.29, 1.82) is 0 Å². The molecule has 3 N–H and O–H groups in total. The number of nitrogens with one attached hydrogen (secondary N) is 1. The van der Waals surface area contributed by atoms with Crippen LogP contribution in [0.1, 0.15) is 30.1 Å². The molecule has 0 radical (unpaired) electrons. The summed E-state index contributed by atoms with van der Waals surface area (Å²) < 4.78 is 1.42. The SMILES string of the molecule is CCn1c(=O)c(=O)[nH]c2cc(C(=O)N3CC4CCC(N)C4C3)ccc21.Cl. The van der Waals surface area contributed by atoms with Crippen LogP contribution in [-0.4, -0.2) is 39.5 Å². The van der Waals surface area contributed by atoms with Gasteiger partial charge in [-0.1, -0.05) is 0 Å². The molecular formula is C18H23ClN4O3. The van der Waals surface area contributed by atoms with Crippen molar-refractivity contribution < 1.29 is 4.79 Å². The van der Waals surface area contributed by atoms with Gasteiger partial charge in [0, 0.05) is 31.2 Å². The Hall–Kier alpha value is -2.12. The minimum absolute atomic E-state index is 0. The molecule has 1 saturated carbocycles. The number of H-pyrrole nitrogens is 1. The fourth-order valence-corrected chi connectivity index (χ4v) is 4.38. The Morgan fingerprint density at radius 3 is 2.73 bits per heavy atom. The van der Waals surface area contributed by atoms with E-state index in [2.05, 4.69) is 4.98 Å². The summed E-state index contributed by atoms with van der Waals surface area (Å²) in [5, 5.41) is 0. The van der Waals surface area contributed by atoms with Gasteiger partial charge in [-0.3, -0.25) is 14.4 Å². The van der Waals surface area contributed by atoms with E-state index in [1.54, 1.807) is 18.2 Å². The highest BCUT2D eigenvalue weighted by atomic mass is 35.5. The quantitative estimate of drug-likeness (QED) is 0.759. The van der Waals surface area contributed by atoms with Crippen molar-refractivity contribution in [1.82, 2.24) is 14.5 Å². The Morgan fingerprint density at radius 2 is 2.04 bits per heavy atom. The van der Waals surface area contributed by atoms with E-state index in [4.69, 9.17) is 5.73 Å². The number of halogens is 1. The normalized spacial score (nSPS) is 24.5. The van der Waals surface area contributed by atoms with E-state index in [0.29, 0.717) is 41.5 Å². The molecule has 26 heavy (non-hydrogen) atoms. The maximum atomic E-state index is 12.9. The fraction of sp³-hybridized carbons (Fsp3) is 0.500. The van der Waals surface area contributed by atoms with Gasteiger partial charge in [0.2, 0.25) is 0 Å². The first-order valence-corrected chi connectivity index (χ1v) is 8.81. The van der Waals surface area contributed by atoms with Crippen molar-refractivity contribution in [3.63, 3.8) is 0 Å². The van der Waals surface area contributed by atoms with Gasteiger partial charge >= 0.3 is 11.1 Å². The maximum absolute atomic E-state index is 12.9. The molecule has 4 rings (SSSR count). The zero-order chi connectivity index (χ0) is 17.7. The third kappa shape index (κ3) is 2.85. The monoisotopic (exact) mass is 378 g/mol. The van der Waals surface area contributed by atoms with E-state index in [9.17, 15) is 14.4 Å². The molecule has 0 bridgehead atoms. The first kappa shape index (κ1) is 18.7. The highest BCUT2D eigenvalue weighted by molar-refractivity contribution is 5.97. The van der Waals surface area contributed by atoms with Crippen molar-refractivity contribution >= 4 is 29.3 Å². The van der Waals surface area contributed by atoms with E-state index in [-0.39, 0.29) is 24.4 Å². The Labute approximate surface area is 156 Å². The molecule has 1 amide bonds. The smallest absolute Gasteiger partial charge is 0.316 e. The Bertz CT molecular complexity index is 967. The lowest BCUT2D eigenvalue weighted by Gasteiger charge is -2.19. The van der Waals surface area contributed by atoms with Crippen LogP contribution in [0.2, 0.25) is 0 Å². The van der Waals surface area contributed by atoms with Crippen LogP contribution < -0.4 is 16.9 Å². The number of hydrogen-bond donors (Lipinski definition) is 2. The number of rotatable bonds is 2. The molecule has 2 aliphatic rings. The van der Waals surface area contributed by atoms with Gasteiger partial charge in [0.15, 0.2) is 0 Å². The second-order valence-electron chi connectivity index (χ2n) is 7.11. The number of aromatic nitrogens is 2. The third-order valence-corrected chi connectivity index (χ3v) is 5.74. The molecule has 2 aromatic rings. The number of carbonyl (C=O) groups excluding carboxylic acids is 1. The molecule has 1 aliphatic carbocycles. The van der Waals surface area contributed by atoms with Crippen LogP contribution in [0.15, 0.2) is 27.8 Å². The second-order valence-corrected chi connectivity index (χ2v) is 7.11. The van der Waals surface area contributed by atoms with Crippen molar-refractivity contribution in [2.24, 2.45) is 17.6 Å². The average Bonchev–Trinajstić information content (AvgIpc) is 3.17. The van der Waals surface area contributed by atoms with Gasteiger partial charge in [-0.05, 0) is 49.8 Å². The maximum Gasteiger partial charge on any atom is 0.316 e. The van der Waals surface area contributed by atoms with Crippen LogP contribution in [0, 0.1) is 11.8 Å². The molecule has 3 unspecified atom stereocenters. The molecule has 0 spiro atoms. The number of benzene rings is 1. The molecule has 140 valence electrons. The lowest BCUT2D eigenvalue weighted by molar-refractivity contribution is 0.0779. The van der Waals surface area contributed by atoms with Crippen LogP contribution in [0.5, 0.6) is 0 Å². The van der Waals surface area contributed by atoms with Gasteiger partial charge < -0.3 is 20.2 Å². The van der Waals surface area contributed by atoms with Crippen LogP contribution in [0.3, 0.4) is 0 Å². The minimum Gasteiger partial charge on any atom is -0.338 e. The van der Waals surface area contributed by atoms with E-state index < -0.39 is 11.1 Å². The molecule has 2 fully saturated rings. The van der Waals surface area contributed by atoms with Crippen LogP contribution in [0.4, 0.5) is 0 Å². The van der Waals surface area contributed by atoms with Crippen molar-refractivity contribution in [3.8, 4) is 0 Å². The molecule has 1 aliphatic heterocycles. The largest absolute Gasteiger partial charge is 0.338 e. The Kier molecular flexibility index (Phi) is 4.94. The first-order valence-electron chi connectivity index (χ1n) is 8.81. The number of carbonyl (C=O) groups is 1. The molecular weight excluding hydrogens is 356 g/mol. The van der Waals surface area contributed by atoms with Gasteiger partial charge in [0.05, 0.1) is 11.0 Å². The molecule has 2 heterocycles. The Balaban J connectivity index is 0.00000196. The molecule has 1 aromatic carbocycles. The van der Waals surface area contributed by atoms with Gasteiger partial charge in [-0.2, -0.15) is 0 Å². The molecule has 3 atom stereocenters. The predicted molar refractivity (Wildman–Crippen MR) is 102 cm³/mol. The molecule has 1 aromatic heterocycles. The number of nitrogens with two attached hydrogens (primary N) is 1. The standard InChI is InChI=1S/C18H22N4O3.ClH/c1-2-22-15-6-4-10(7-14(15)20-16(23)18(22)25)17(24)21-8-11-3-5-13(19)12(11)9-21;/h4,6-7,11-13H,2-3,5,8-9,19H2,1H3,(H,20,23);1H. The van der Waals surface area contributed by atoms with Crippen molar-refractivity contribution in [2.45, 2.75) is 32.4 Å². The summed E-state index contributed by atoms with van der Waals surface area (Å²) in [6.07, 6.45) is 2.13. The van der Waals surface area contributed by atoms with Crippen LogP contribution in [0.25, 0.3) is 11.0 Å². The third-order valence-electron chi connectivity index (χ3n) is 5.74. The topological polar surface area (TPSA) is 101 Å². The molecule has 1 saturated heterocycles. The van der Waals surface area contributed by atoms with Crippen LogP contribution >= 0.6 is 12.4 Å². The number of fused-ring (bicyclic) bond motifs is 2. The number of likely N-dealkylation sites (tertiary alicyclic amines) is 1. The van der Waals surface area contributed by atoms with E-state index in [1.165, 1.54) is 4.57 Å². The zero-order valence-corrected chi connectivity index (χ0v) is 15.4. The number of aromatic amines is 1. The predicted octanol–water partition coefficient (Wildman–Crippen LogP) is 0.941. The second kappa shape index (κ2) is 6.89. The number of aryl methyl sites for hydroxylation is 1.